The van der Waals surface area contributed by atoms with E-state index in [0.717, 1.165) is 23.1 Å². The van der Waals surface area contributed by atoms with E-state index in [0.29, 0.717) is 24.3 Å². The minimum Gasteiger partial charge on any atom is -0.334 e. The molecular weight excluding hydrogens is 384 g/mol. The maximum atomic E-state index is 12.7. The summed E-state index contributed by atoms with van der Waals surface area (Å²) in [6, 6.07) is 23.9. The Hall–Kier alpha value is -3.12. The molecule has 1 aliphatic heterocycles. The van der Waals surface area contributed by atoms with Crippen molar-refractivity contribution >= 4 is 21.6 Å². The Morgan fingerprint density at radius 1 is 0.897 bits per heavy atom. The molecule has 0 spiro atoms. The molecule has 3 aromatic rings. The van der Waals surface area contributed by atoms with Crippen molar-refractivity contribution in [1.29, 1.82) is 0 Å². The molecule has 29 heavy (non-hydrogen) atoms. The van der Waals surface area contributed by atoms with E-state index >= 15 is 0 Å². The van der Waals surface area contributed by atoms with Crippen LogP contribution in [-0.4, -0.2) is 25.8 Å². The highest BCUT2D eigenvalue weighted by atomic mass is 32.2. The second-order valence-corrected chi connectivity index (χ2v) is 8.90. The van der Waals surface area contributed by atoms with Gasteiger partial charge in [0.25, 0.3) is 5.91 Å². The molecule has 0 fully saturated rings. The topological polar surface area (TPSA) is 66.5 Å². The summed E-state index contributed by atoms with van der Waals surface area (Å²) in [7, 11) is -3.52. The van der Waals surface area contributed by atoms with Gasteiger partial charge in [-0.05, 0) is 47.4 Å². The quantitative estimate of drug-likeness (QED) is 0.700. The van der Waals surface area contributed by atoms with Crippen LogP contribution in [0.2, 0.25) is 0 Å². The number of hydrogen-bond acceptors (Lipinski definition) is 3. The number of nitrogens with zero attached hydrogens (tertiary/aromatic N) is 1. The van der Waals surface area contributed by atoms with Crippen LogP contribution in [0.5, 0.6) is 0 Å². The molecule has 148 valence electrons. The molecule has 1 aliphatic rings. The molecule has 1 amide bonds. The Balaban J connectivity index is 1.49. The Morgan fingerprint density at radius 3 is 2.31 bits per heavy atom. The SMILES string of the molecule is O=C(c1ccccc1)N1CCc2ccc(NS(=O)(=O)Cc3ccccc3)cc2C1. The Kier molecular flexibility index (Phi) is 5.36. The predicted molar refractivity (Wildman–Crippen MR) is 114 cm³/mol. The fourth-order valence-corrected chi connectivity index (χ4v) is 4.76. The predicted octanol–water partition coefficient (Wildman–Crippen LogP) is 3.83. The summed E-state index contributed by atoms with van der Waals surface area (Å²) in [5.41, 5.74) is 4.04. The molecule has 3 aromatic carbocycles. The van der Waals surface area contributed by atoms with Gasteiger partial charge in [-0.1, -0.05) is 54.6 Å². The zero-order chi connectivity index (χ0) is 20.3. The van der Waals surface area contributed by atoms with E-state index in [1.54, 1.807) is 23.1 Å². The first-order valence-electron chi connectivity index (χ1n) is 9.51. The van der Waals surface area contributed by atoms with E-state index in [9.17, 15) is 13.2 Å². The highest BCUT2D eigenvalue weighted by Crippen LogP contribution is 2.25. The minimum atomic E-state index is -3.52. The molecule has 0 atom stereocenters. The lowest BCUT2D eigenvalue weighted by atomic mass is 9.98. The van der Waals surface area contributed by atoms with Crippen molar-refractivity contribution in [2.75, 3.05) is 11.3 Å². The van der Waals surface area contributed by atoms with Gasteiger partial charge in [0.2, 0.25) is 10.0 Å². The fraction of sp³-hybridized carbons (Fsp3) is 0.174. The van der Waals surface area contributed by atoms with Gasteiger partial charge in [0.15, 0.2) is 0 Å². The lowest BCUT2D eigenvalue weighted by molar-refractivity contribution is 0.0734. The number of carbonyl (C=O) groups excluding carboxylic acids is 1. The van der Waals surface area contributed by atoms with Crippen molar-refractivity contribution in [3.63, 3.8) is 0 Å². The number of amides is 1. The van der Waals surface area contributed by atoms with Crippen LogP contribution < -0.4 is 4.72 Å². The van der Waals surface area contributed by atoms with Crippen molar-refractivity contribution in [2.24, 2.45) is 0 Å². The number of benzene rings is 3. The smallest absolute Gasteiger partial charge is 0.254 e. The van der Waals surface area contributed by atoms with Crippen LogP contribution in [-0.2, 0) is 28.7 Å². The number of rotatable bonds is 5. The molecule has 0 aromatic heterocycles. The molecule has 5 nitrogen and oxygen atoms in total. The second kappa shape index (κ2) is 8.09. The largest absolute Gasteiger partial charge is 0.334 e. The lowest BCUT2D eigenvalue weighted by Crippen LogP contribution is -2.36. The van der Waals surface area contributed by atoms with Gasteiger partial charge in [0, 0.05) is 24.3 Å². The fourth-order valence-electron chi connectivity index (χ4n) is 3.57. The number of carbonyl (C=O) groups is 1. The third-order valence-corrected chi connectivity index (χ3v) is 6.26. The van der Waals surface area contributed by atoms with Crippen molar-refractivity contribution in [3.05, 3.63) is 101 Å². The number of fused-ring (bicyclic) bond motifs is 1. The number of nitrogens with one attached hydrogen (secondary N) is 1. The second-order valence-electron chi connectivity index (χ2n) is 7.17. The summed E-state index contributed by atoms with van der Waals surface area (Å²) < 4.78 is 27.7. The van der Waals surface area contributed by atoms with Crippen LogP contribution in [0.4, 0.5) is 5.69 Å². The first kappa shape index (κ1) is 19.2. The summed E-state index contributed by atoms with van der Waals surface area (Å²) in [5, 5.41) is 0. The average Bonchev–Trinajstić information content (AvgIpc) is 2.73. The molecule has 0 unspecified atom stereocenters. The zero-order valence-electron chi connectivity index (χ0n) is 15.9. The number of sulfonamides is 1. The molecular formula is C23H22N2O3S. The maximum Gasteiger partial charge on any atom is 0.254 e. The van der Waals surface area contributed by atoms with Gasteiger partial charge in [0.1, 0.15) is 0 Å². The molecule has 0 radical (unpaired) electrons. The van der Waals surface area contributed by atoms with Gasteiger partial charge in [-0.3, -0.25) is 9.52 Å². The molecule has 0 aliphatic carbocycles. The summed E-state index contributed by atoms with van der Waals surface area (Å²) in [6.45, 7) is 1.12. The first-order valence-corrected chi connectivity index (χ1v) is 11.2. The molecule has 6 heteroatoms. The highest BCUT2D eigenvalue weighted by Gasteiger charge is 2.22. The summed E-state index contributed by atoms with van der Waals surface area (Å²) in [5.74, 6) is -0.0879. The maximum absolute atomic E-state index is 12.7. The summed E-state index contributed by atoms with van der Waals surface area (Å²) >= 11 is 0. The van der Waals surface area contributed by atoms with Crippen LogP contribution in [0.3, 0.4) is 0 Å². The number of anilines is 1. The summed E-state index contributed by atoms with van der Waals surface area (Å²) in [4.78, 5) is 14.5. The highest BCUT2D eigenvalue weighted by molar-refractivity contribution is 7.91. The lowest BCUT2D eigenvalue weighted by Gasteiger charge is -2.29. The van der Waals surface area contributed by atoms with Crippen molar-refractivity contribution in [1.82, 2.24) is 4.90 Å². The Labute approximate surface area is 171 Å². The molecule has 1 N–H and O–H groups in total. The van der Waals surface area contributed by atoms with Crippen LogP contribution in [0, 0.1) is 0 Å². The third kappa shape index (κ3) is 4.66. The van der Waals surface area contributed by atoms with Gasteiger partial charge in [-0.25, -0.2) is 8.42 Å². The normalized spacial score (nSPS) is 13.6. The standard InChI is InChI=1S/C23H22N2O3S/c26-23(20-9-5-2-6-10-20)25-14-13-19-11-12-22(15-21(19)16-25)24-29(27,28)17-18-7-3-1-4-8-18/h1-12,15,24H,13-14,16-17H2. The minimum absolute atomic E-state index is 0.00805. The van der Waals surface area contributed by atoms with Gasteiger partial charge in [0.05, 0.1) is 5.75 Å². The van der Waals surface area contributed by atoms with E-state index in [2.05, 4.69) is 4.72 Å². The van der Waals surface area contributed by atoms with Crippen LogP contribution in [0.15, 0.2) is 78.9 Å². The molecule has 0 bridgehead atoms. The average molecular weight is 407 g/mol. The van der Waals surface area contributed by atoms with E-state index in [1.165, 1.54) is 0 Å². The summed E-state index contributed by atoms with van der Waals surface area (Å²) in [6.07, 6.45) is 0.755. The van der Waals surface area contributed by atoms with Gasteiger partial charge in [-0.2, -0.15) is 0 Å². The first-order chi connectivity index (χ1) is 14.0. The van der Waals surface area contributed by atoms with E-state index in [1.807, 2.05) is 60.7 Å². The molecule has 0 saturated heterocycles. The number of hydrogen-bond donors (Lipinski definition) is 1. The van der Waals surface area contributed by atoms with Crippen LogP contribution in [0.1, 0.15) is 27.0 Å². The van der Waals surface area contributed by atoms with E-state index in [-0.39, 0.29) is 11.7 Å². The van der Waals surface area contributed by atoms with Gasteiger partial charge >= 0.3 is 0 Å². The molecule has 0 saturated carbocycles. The van der Waals surface area contributed by atoms with Gasteiger partial charge < -0.3 is 4.90 Å². The van der Waals surface area contributed by atoms with Crippen LogP contribution in [0.25, 0.3) is 0 Å². The van der Waals surface area contributed by atoms with E-state index < -0.39 is 10.0 Å². The Bertz CT molecular complexity index is 1110. The van der Waals surface area contributed by atoms with Gasteiger partial charge in [-0.15, -0.1) is 0 Å². The third-order valence-electron chi connectivity index (χ3n) is 5.00. The molecule has 1 heterocycles. The van der Waals surface area contributed by atoms with Crippen molar-refractivity contribution in [3.8, 4) is 0 Å². The Morgan fingerprint density at radius 2 is 1.59 bits per heavy atom. The van der Waals surface area contributed by atoms with E-state index in [4.69, 9.17) is 0 Å². The monoisotopic (exact) mass is 406 g/mol. The molecule has 4 rings (SSSR count). The zero-order valence-corrected chi connectivity index (χ0v) is 16.7. The van der Waals surface area contributed by atoms with Crippen molar-refractivity contribution in [2.45, 2.75) is 18.7 Å². The van der Waals surface area contributed by atoms with Crippen molar-refractivity contribution < 1.29 is 13.2 Å². The van der Waals surface area contributed by atoms with Crippen LogP contribution >= 0.6 is 0 Å².